The van der Waals surface area contributed by atoms with Gasteiger partial charge in [0, 0.05) is 6.42 Å². The maximum atomic E-state index is 10.1. The molecule has 0 aromatic heterocycles. The van der Waals surface area contributed by atoms with Crippen molar-refractivity contribution in [2.24, 2.45) is 11.3 Å². The van der Waals surface area contributed by atoms with Gasteiger partial charge in [-0.1, -0.05) is 49.1 Å². The Morgan fingerprint density at radius 3 is 2.81 bits per heavy atom. The highest BCUT2D eigenvalue weighted by Crippen LogP contribution is 2.55. The summed E-state index contributed by atoms with van der Waals surface area (Å²) in [5.74, 6) is 6.18. The standard InChI is InChI=1S/C27H38O4/c1-18-21(16-22(28)17-25(18)29)10-9-20-8-6-14-27(5)23(11-12-24(20)27)19(2)31-15-7-13-26(3,4)30/h9-11,19,22,24-25,28-30H,1,6,8,12,14-17H2,2-5H3/t19-,22+,24-,25-,27+/m0/s1. The largest absolute Gasteiger partial charge is 0.393 e. The zero-order valence-corrected chi connectivity index (χ0v) is 19.4. The Bertz CT molecular complexity index is 845. The van der Waals surface area contributed by atoms with Crippen LogP contribution in [0.1, 0.15) is 66.2 Å². The Morgan fingerprint density at radius 2 is 2.10 bits per heavy atom. The minimum Gasteiger partial charge on any atom is -0.393 e. The normalized spacial score (nSPS) is 34.9. The molecule has 5 atom stereocenters. The second kappa shape index (κ2) is 9.46. The first-order chi connectivity index (χ1) is 14.5. The molecule has 0 heterocycles. The highest BCUT2D eigenvalue weighted by Gasteiger charge is 2.46. The maximum absolute atomic E-state index is 10.1. The van der Waals surface area contributed by atoms with Gasteiger partial charge in [-0.25, -0.2) is 0 Å². The zero-order valence-electron chi connectivity index (χ0n) is 19.4. The van der Waals surface area contributed by atoms with Crippen molar-refractivity contribution < 1.29 is 20.1 Å². The number of aliphatic hydroxyl groups excluding tert-OH is 2. The molecule has 3 aliphatic rings. The molecule has 3 N–H and O–H groups in total. The first kappa shape index (κ1) is 24.0. The number of fused-ring (bicyclic) bond motifs is 1. The Labute approximate surface area is 187 Å². The van der Waals surface area contributed by atoms with Crippen molar-refractivity contribution in [1.82, 2.24) is 0 Å². The van der Waals surface area contributed by atoms with E-state index >= 15 is 0 Å². The molecule has 2 saturated carbocycles. The predicted octanol–water partition coefficient (Wildman–Crippen LogP) is 4.23. The van der Waals surface area contributed by atoms with Crippen molar-refractivity contribution in [1.29, 1.82) is 0 Å². The fraction of sp³-hybridized carbons (Fsp3) is 0.630. The Kier molecular flexibility index (Phi) is 7.33. The van der Waals surface area contributed by atoms with Crippen molar-refractivity contribution in [3.63, 3.8) is 0 Å². The second-order valence-corrected chi connectivity index (χ2v) is 10.1. The van der Waals surface area contributed by atoms with Crippen LogP contribution in [0, 0.1) is 23.2 Å². The molecule has 170 valence electrons. The minimum absolute atomic E-state index is 0.00720. The predicted molar refractivity (Wildman–Crippen MR) is 124 cm³/mol. The lowest BCUT2D eigenvalue weighted by Gasteiger charge is -2.42. The lowest BCUT2D eigenvalue weighted by molar-refractivity contribution is 0.0860. The lowest BCUT2D eigenvalue weighted by Crippen LogP contribution is -2.34. The molecule has 0 aromatic rings. The van der Waals surface area contributed by atoms with E-state index in [0.29, 0.717) is 25.4 Å². The van der Waals surface area contributed by atoms with Crippen molar-refractivity contribution in [2.45, 2.75) is 90.1 Å². The van der Waals surface area contributed by atoms with Gasteiger partial charge in [-0.2, -0.15) is 0 Å². The second-order valence-electron chi connectivity index (χ2n) is 10.1. The van der Waals surface area contributed by atoms with Gasteiger partial charge in [0.2, 0.25) is 0 Å². The van der Waals surface area contributed by atoms with E-state index in [9.17, 15) is 15.3 Å². The topological polar surface area (TPSA) is 69.9 Å². The summed E-state index contributed by atoms with van der Waals surface area (Å²) < 4.78 is 6.01. The van der Waals surface area contributed by atoms with Crippen LogP contribution in [-0.2, 0) is 4.74 Å². The number of allylic oxidation sites excluding steroid dienone is 4. The van der Waals surface area contributed by atoms with Gasteiger partial charge >= 0.3 is 0 Å². The zero-order chi connectivity index (χ0) is 22.8. The van der Waals surface area contributed by atoms with Crippen LogP contribution in [0.5, 0.6) is 0 Å². The lowest BCUT2D eigenvalue weighted by atomic mass is 9.63. The molecule has 0 saturated heterocycles. The fourth-order valence-corrected chi connectivity index (χ4v) is 5.46. The van der Waals surface area contributed by atoms with Crippen molar-refractivity contribution in [2.75, 3.05) is 6.61 Å². The molecule has 0 aliphatic heterocycles. The van der Waals surface area contributed by atoms with Gasteiger partial charge in [-0.15, -0.1) is 0 Å². The number of rotatable bonds is 4. The third-order valence-corrected chi connectivity index (χ3v) is 7.11. The molecule has 0 unspecified atom stereocenters. The summed E-state index contributed by atoms with van der Waals surface area (Å²) in [4.78, 5) is 0. The fourth-order valence-electron chi connectivity index (χ4n) is 5.46. The average molecular weight is 427 g/mol. The van der Waals surface area contributed by atoms with Crippen molar-refractivity contribution in [3.8, 4) is 11.8 Å². The smallest absolute Gasteiger partial charge is 0.120 e. The van der Waals surface area contributed by atoms with Crippen LogP contribution >= 0.6 is 0 Å². The summed E-state index contributed by atoms with van der Waals surface area (Å²) >= 11 is 0. The van der Waals surface area contributed by atoms with Gasteiger partial charge in [-0.05, 0) is 80.9 Å². The molecule has 3 rings (SSSR count). The van der Waals surface area contributed by atoms with E-state index in [-0.39, 0.29) is 11.5 Å². The minimum atomic E-state index is -0.996. The molecule has 0 aromatic carbocycles. The average Bonchev–Trinajstić information content (AvgIpc) is 3.03. The number of ether oxygens (including phenoxy) is 1. The van der Waals surface area contributed by atoms with E-state index in [1.807, 2.05) is 0 Å². The molecule has 0 spiro atoms. The summed E-state index contributed by atoms with van der Waals surface area (Å²) in [5.41, 5.74) is 3.56. The molecule has 4 nitrogen and oxygen atoms in total. The monoisotopic (exact) mass is 426 g/mol. The molecule has 3 aliphatic carbocycles. The van der Waals surface area contributed by atoms with E-state index in [2.05, 4.69) is 50.5 Å². The number of hydrogen-bond donors (Lipinski definition) is 3. The van der Waals surface area contributed by atoms with E-state index in [4.69, 9.17) is 4.74 Å². The molecule has 0 amide bonds. The number of aliphatic hydroxyl groups is 3. The van der Waals surface area contributed by atoms with Crippen molar-refractivity contribution in [3.05, 3.63) is 47.1 Å². The van der Waals surface area contributed by atoms with Gasteiger partial charge in [0.1, 0.15) is 12.2 Å². The Morgan fingerprint density at radius 1 is 1.35 bits per heavy atom. The van der Waals surface area contributed by atoms with Gasteiger partial charge < -0.3 is 20.1 Å². The summed E-state index contributed by atoms with van der Waals surface area (Å²) in [6.07, 6.45) is 10.8. The van der Waals surface area contributed by atoms with E-state index in [0.717, 1.165) is 36.8 Å². The molecule has 2 fully saturated rings. The third kappa shape index (κ3) is 5.59. The van der Waals surface area contributed by atoms with E-state index in [1.165, 1.54) is 11.1 Å². The Balaban J connectivity index is 1.71. The molecule has 0 bridgehead atoms. The van der Waals surface area contributed by atoms with E-state index < -0.39 is 17.8 Å². The van der Waals surface area contributed by atoms with Crippen molar-refractivity contribution >= 4 is 0 Å². The highest BCUT2D eigenvalue weighted by atomic mass is 16.5. The van der Waals surface area contributed by atoms with Gasteiger partial charge in [0.05, 0.1) is 18.3 Å². The molecular weight excluding hydrogens is 388 g/mol. The molecule has 0 radical (unpaired) electrons. The van der Waals surface area contributed by atoms with Crippen LogP contribution in [0.3, 0.4) is 0 Å². The quantitative estimate of drug-likeness (QED) is 0.465. The summed E-state index contributed by atoms with van der Waals surface area (Å²) in [6, 6.07) is 0. The van der Waals surface area contributed by atoms with Gasteiger partial charge in [0.15, 0.2) is 0 Å². The maximum Gasteiger partial charge on any atom is 0.120 e. The molecular formula is C27H38O4. The molecule has 4 heteroatoms. The van der Waals surface area contributed by atoms with Crippen LogP contribution in [0.2, 0.25) is 0 Å². The Hall–Kier alpha value is -1.64. The van der Waals surface area contributed by atoms with Crippen LogP contribution in [0.25, 0.3) is 0 Å². The third-order valence-electron chi connectivity index (χ3n) is 7.11. The SMILES string of the molecule is C=C1C(=CC=C2CCC[C@]3(C)C([C@H](C)OCC#CC(C)(C)O)=CC[C@@H]23)C[C@@H](O)C[C@@H]1O. The summed E-state index contributed by atoms with van der Waals surface area (Å²) in [6.45, 7) is 12.1. The molecule has 31 heavy (non-hydrogen) atoms. The van der Waals surface area contributed by atoms with Crippen LogP contribution in [0.15, 0.2) is 47.1 Å². The van der Waals surface area contributed by atoms with Gasteiger partial charge in [0.25, 0.3) is 0 Å². The first-order valence-electron chi connectivity index (χ1n) is 11.5. The van der Waals surface area contributed by atoms with Gasteiger partial charge in [-0.3, -0.25) is 0 Å². The summed E-state index contributed by atoms with van der Waals surface area (Å²) in [7, 11) is 0. The van der Waals surface area contributed by atoms with E-state index in [1.54, 1.807) is 13.8 Å². The van der Waals surface area contributed by atoms with Crippen LogP contribution in [-0.4, -0.2) is 45.8 Å². The first-order valence-corrected chi connectivity index (χ1v) is 11.5. The van der Waals surface area contributed by atoms with Crippen LogP contribution in [0.4, 0.5) is 0 Å². The number of hydrogen-bond acceptors (Lipinski definition) is 4. The van der Waals surface area contributed by atoms with Crippen LogP contribution < -0.4 is 0 Å². The summed E-state index contributed by atoms with van der Waals surface area (Å²) in [5, 5.41) is 29.9. The highest BCUT2D eigenvalue weighted by molar-refractivity contribution is 5.40.